The van der Waals surface area contributed by atoms with Crippen LogP contribution in [0.4, 0.5) is 11.6 Å². The van der Waals surface area contributed by atoms with Crippen LogP contribution in [0.2, 0.25) is 0 Å². The summed E-state index contributed by atoms with van der Waals surface area (Å²) in [5, 5.41) is 13.4. The van der Waals surface area contributed by atoms with E-state index in [4.69, 9.17) is 0 Å². The van der Waals surface area contributed by atoms with Crippen LogP contribution in [0.25, 0.3) is 0 Å². The standard InChI is InChI=1S/C15H26N4O/c1-4-7-16-14-9-15(18-13(5-2)17-14)19-8-6-11(3)12(20)10-19/h9,11-12,20H,4-8,10H2,1-3H3,(H,16,17,18). The summed E-state index contributed by atoms with van der Waals surface area (Å²) in [7, 11) is 0. The molecule has 2 atom stereocenters. The van der Waals surface area contributed by atoms with Gasteiger partial charge in [0.05, 0.1) is 6.10 Å². The van der Waals surface area contributed by atoms with Crippen LogP contribution in [0.3, 0.4) is 0 Å². The van der Waals surface area contributed by atoms with Crippen molar-refractivity contribution in [2.24, 2.45) is 5.92 Å². The molecule has 5 nitrogen and oxygen atoms in total. The smallest absolute Gasteiger partial charge is 0.134 e. The van der Waals surface area contributed by atoms with E-state index in [-0.39, 0.29) is 6.10 Å². The highest BCUT2D eigenvalue weighted by molar-refractivity contribution is 5.50. The number of aromatic nitrogens is 2. The van der Waals surface area contributed by atoms with Crippen LogP contribution in [0.15, 0.2) is 6.07 Å². The van der Waals surface area contributed by atoms with E-state index in [0.717, 1.165) is 49.8 Å². The van der Waals surface area contributed by atoms with E-state index in [0.29, 0.717) is 12.5 Å². The number of piperidine rings is 1. The summed E-state index contributed by atoms with van der Waals surface area (Å²) in [6, 6.07) is 2.00. The average molecular weight is 278 g/mol. The maximum atomic E-state index is 10.0. The first kappa shape index (κ1) is 15.0. The molecule has 1 aromatic rings. The lowest BCUT2D eigenvalue weighted by molar-refractivity contribution is 0.102. The Morgan fingerprint density at radius 2 is 2.20 bits per heavy atom. The predicted octanol–water partition coefficient (Wildman–Crippen LogP) is 2.07. The minimum atomic E-state index is -0.268. The third-order valence-corrected chi connectivity index (χ3v) is 3.87. The van der Waals surface area contributed by atoms with Crippen LogP contribution in [0, 0.1) is 5.92 Å². The van der Waals surface area contributed by atoms with Gasteiger partial charge in [-0.2, -0.15) is 0 Å². The van der Waals surface area contributed by atoms with Crippen molar-refractivity contribution in [1.82, 2.24) is 9.97 Å². The number of aliphatic hydroxyl groups is 1. The number of nitrogens with zero attached hydrogens (tertiary/aromatic N) is 3. The second-order valence-corrected chi connectivity index (χ2v) is 5.59. The quantitative estimate of drug-likeness (QED) is 0.863. The molecule has 112 valence electrons. The Bertz CT molecular complexity index is 438. The Balaban J connectivity index is 2.17. The molecule has 1 aromatic heterocycles. The van der Waals surface area contributed by atoms with E-state index in [1.165, 1.54) is 0 Å². The van der Waals surface area contributed by atoms with Crippen molar-refractivity contribution < 1.29 is 5.11 Å². The molecule has 0 saturated carbocycles. The molecule has 1 aliphatic rings. The van der Waals surface area contributed by atoms with Gasteiger partial charge in [0.2, 0.25) is 0 Å². The van der Waals surface area contributed by atoms with Crippen LogP contribution >= 0.6 is 0 Å². The first-order valence-electron chi connectivity index (χ1n) is 7.68. The molecule has 0 bridgehead atoms. The van der Waals surface area contributed by atoms with Gasteiger partial charge in [0.25, 0.3) is 0 Å². The molecule has 1 fully saturated rings. The SMILES string of the molecule is CCCNc1cc(N2CCC(C)C(O)C2)nc(CC)n1. The predicted molar refractivity (Wildman–Crippen MR) is 82.2 cm³/mol. The second kappa shape index (κ2) is 6.88. The van der Waals surface area contributed by atoms with Crippen molar-refractivity contribution in [1.29, 1.82) is 0 Å². The lowest BCUT2D eigenvalue weighted by Gasteiger charge is -2.35. The summed E-state index contributed by atoms with van der Waals surface area (Å²) >= 11 is 0. The van der Waals surface area contributed by atoms with Crippen LogP contribution in [-0.4, -0.2) is 40.8 Å². The minimum Gasteiger partial charge on any atom is -0.391 e. The molecule has 1 aliphatic heterocycles. The molecular weight excluding hydrogens is 252 g/mol. The van der Waals surface area contributed by atoms with E-state index in [1.807, 2.05) is 6.07 Å². The number of aryl methyl sites for hydroxylation is 1. The molecule has 0 radical (unpaired) electrons. The Hall–Kier alpha value is -1.36. The summed E-state index contributed by atoms with van der Waals surface area (Å²) in [5.74, 6) is 3.05. The summed E-state index contributed by atoms with van der Waals surface area (Å²) in [6.07, 6.45) is 2.63. The monoisotopic (exact) mass is 278 g/mol. The Morgan fingerprint density at radius 3 is 2.85 bits per heavy atom. The van der Waals surface area contributed by atoms with Crippen molar-refractivity contribution in [2.45, 2.75) is 46.1 Å². The number of anilines is 2. The number of β-amino-alcohol motifs (C(OH)–C–C–N with tert-alkyl or cyclic N) is 1. The summed E-state index contributed by atoms with van der Waals surface area (Å²) in [4.78, 5) is 11.3. The van der Waals surface area contributed by atoms with Crippen LogP contribution < -0.4 is 10.2 Å². The maximum Gasteiger partial charge on any atom is 0.134 e. The molecule has 0 aromatic carbocycles. The molecule has 0 aliphatic carbocycles. The van der Waals surface area contributed by atoms with Crippen molar-refractivity contribution in [3.63, 3.8) is 0 Å². The van der Waals surface area contributed by atoms with Crippen molar-refractivity contribution in [2.75, 3.05) is 29.9 Å². The largest absolute Gasteiger partial charge is 0.391 e. The molecule has 2 N–H and O–H groups in total. The molecule has 20 heavy (non-hydrogen) atoms. The molecular formula is C15H26N4O. The average Bonchev–Trinajstić information content (AvgIpc) is 2.47. The molecule has 2 heterocycles. The fraction of sp³-hybridized carbons (Fsp3) is 0.733. The van der Waals surface area contributed by atoms with Gasteiger partial charge in [0, 0.05) is 32.1 Å². The molecule has 5 heteroatoms. The first-order chi connectivity index (χ1) is 9.63. The summed E-state index contributed by atoms with van der Waals surface area (Å²) in [6.45, 7) is 8.83. The Labute approximate surface area is 121 Å². The number of hydrogen-bond donors (Lipinski definition) is 2. The van der Waals surface area contributed by atoms with E-state index >= 15 is 0 Å². The van der Waals surface area contributed by atoms with E-state index in [9.17, 15) is 5.11 Å². The molecule has 1 saturated heterocycles. The molecule has 0 amide bonds. The highest BCUT2D eigenvalue weighted by Crippen LogP contribution is 2.23. The fourth-order valence-corrected chi connectivity index (χ4v) is 2.40. The van der Waals surface area contributed by atoms with E-state index in [2.05, 4.69) is 41.0 Å². The van der Waals surface area contributed by atoms with Gasteiger partial charge in [-0.05, 0) is 18.8 Å². The highest BCUT2D eigenvalue weighted by Gasteiger charge is 2.25. The van der Waals surface area contributed by atoms with Gasteiger partial charge in [-0.15, -0.1) is 0 Å². The second-order valence-electron chi connectivity index (χ2n) is 5.59. The number of nitrogens with one attached hydrogen (secondary N) is 1. The maximum absolute atomic E-state index is 10.0. The lowest BCUT2D eigenvalue weighted by atomic mass is 9.96. The Kier molecular flexibility index (Phi) is 5.17. The number of hydrogen-bond acceptors (Lipinski definition) is 5. The topological polar surface area (TPSA) is 61.3 Å². The first-order valence-corrected chi connectivity index (χ1v) is 7.68. The number of aliphatic hydroxyl groups excluding tert-OH is 1. The van der Waals surface area contributed by atoms with E-state index in [1.54, 1.807) is 0 Å². The third kappa shape index (κ3) is 3.60. The normalized spacial score (nSPS) is 22.9. The zero-order valence-corrected chi connectivity index (χ0v) is 12.8. The van der Waals surface area contributed by atoms with Gasteiger partial charge in [0.15, 0.2) is 0 Å². The van der Waals surface area contributed by atoms with E-state index < -0.39 is 0 Å². The van der Waals surface area contributed by atoms with Crippen molar-refractivity contribution in [3.8, 4) is 0 Å². The van der Waals surface area contributed by atoms with Gasteiger partial charge in [-0.25, -0.2) is 9.97 Å². The van der Waals surface area contributed by atoms with Crippen molar-refractivity contribution >= 4 is 11.6 Å². The van der Waals surface area contributed by atoms with Gasteiger partial charge in [-0.1, -0.05) is 20.8 Å². The van der Waals surface area contributed by atoms with Crippen molar-refractivity contribution in [3.05, 3.63) is 11.9 Å². The summed E-state index contributed by atoms with van der Waals surface area (Å²) < 4.78 is 0. The molecule has 2 rings (SSSR count). The van der Waals surface area contributed by atoms with Gasteiger partial charge in [0.1, 0.15) is 17.5 Å². The van der Waals surface area contributed by atoms with Crippen LogP contribution in [0.5, 0.6) is 0 Å². The molecule has 0 spiro atoms. The fourth-order valence-electron chi connectivity index (χ4n) is 2.40. The highest BCUT2D eigenvalue weighted by atomic mass is 16.3. The summed E-state index contributed by atoms with van der Waals surface area (Å²) in [5.41, 5.74) is 0. The third-order valence-electron chi connectivity index (χ3n) is 3.87. The number of rotatable bonds is 5. The Morgan fingerprint density at radius 1 is 1.40 bits per heavy atom. The van der Waals surface area contributed by atoms with Crippen LogP contribution in [0.1, 0.15) is 39.4 Å². The van der Waals surface area contributed by atoms with Crippen LogP contribution in [-0.2, 0) is 6.42 Å². The minimum absolute atomic E-state index is 0.268. The van der Waals surface area contributed by atoms with Gasteiger partial charge >= 0.3 is 0 Å². The lowest BCUT2D eigenvalue weighted by Crippen LogP contribution is -2.43. The van der Waals surface area contributed by atoms with Gasteiger partial charge < -0.3 is 15.3 Å². The zero-order chi connectivity index (χ0) is 14.5. The van der Waals surface area contributed by atoms with Gasteiger partial charge in [-0.3, -0.25) is 0 Å². The molecule has 2 unspecified atom stereocenters. The zero-order valence-electron chi connectivity index (χ0n) is 12.8.